The Hall–Kier alpha value is -3.35. The maximum atomic E-state index is 12.5. The van der Waals surface area contributed by atoms with E-state index in [2.05, 4.69) is 10.6 Å². The lowest BCUT2D eigenvalue weighted by molar-refractivity contribution is -0.136. The third-order valence-corrected chi connectivity index (χ3v) is 5.33. The van der Waals surface area contributed by atoms with Crippen LogP contribution in [0.1, 0.15) is 55.0 Å². The average molecular weight is 455 g/mol. The number of amides is 2. The SMILES string of the molecule is COc1c(C)cc(CCC(=O)NCC(=O)Nc2cc(CC(=O)O)ccc2C(C)(C)C)cc1C. The molecule has 0 aromatic heterocycles. The van der Waals surface area contributed by atoms with Crippen molar-refractivity contribution in [1.82, 2.24) is 5.32 Å². The highest BCUT2D eigenvalue weighted by atomic mass is 16.5. The van der Waals surface area contributed by atoms with Gasteiger partial charge >= 0.3 is 5.97 Å². The maximum Gasteiger partial charge on any atom is 0.307 e. The minimum absolute atomic E-state index is 0.131. The van der Waals surface area contributed by atoms with E-state index < -0.39 is 5.97 Å². The van der Waals surface area contributed by atoms with Crippen LogP contribution in [0, 0.1) is 13.8 Å². The lowest BCUT2D eigenvalue weighted by Gasteiger charge is -2.24. The Morgan fingerprint density at radius 1 is 0.970 bits per heavy atom. The van der Waals surface area contributed by atoms with E-state index in [1.807, 2.05) is 52.8 Å². The van der Waals surface area contributed by atoms with Crippen LogP contribution < -0.4 is 15.4 Å². The summed E-state index contributed by atoms with van der Waals surface area (Å²) in [5, 5.41) is 14.5. The molecule has 2 aromatic carbocycles. The van der Waals surface area contributed by atoms with Crippen molar-refractivity contribution in [2.75, 3.05) is 19.0 Å². The zero-order valence-electron chi connectivity index (χ0n) is 20.3. The first kappa shape index (κ1) is 25.9. The number of methoxy groups -OCH3 is 1. The second-order valence-corrected chi connectivity index (χ2v) is 9.29. The summed E-state index contributed by atoms with van der Waals surface area (Å²) in [6.07, 6.45) is 0.693. The van der Waals surface area contributed by atoms with E-state index in [0.717, 1.165) is 28.0 Å². The second-order valence-electron chi connectivity index (χ2n) is 9.29. The number of benzene rings is 2. The van der Waals surface area contributed by atoms with Crippen molar-refractivity contribution in [3.8, 4) is 5.75 Å². The lowest BCUT2D eigenvalue weighted by Crippen LogP contribution is -2.33. The van der Waals surface area contributed by atoms with Gasteiger partial charge in [0.2, 0.25) is 11.8 Å². The minimum Gasteiger partial charge on any atom is -0.496 e. The number of nitrogens with one attached hydrogen (secondary N) is 2. The summed E-state index contributed by atoms with van der Waals surface area (Å²) in [6, 6.07) is 9.29. The molecule has 33 heavy (non-hydrogen) atoms. The van der Waals surface area contributed by atoms with E-state index in [9.17, 15) is 14.4 Å². The molecule has 0 saturated heterocycles. The summed E-state index contributed by atoms with van der Waals surface area (Å²) in [5.41, 5.74) is 4.88. The van der Waals surface area contributed by atoms with Gasteiger partial charge in [-0.15, -0.1) is 0 Å². The fourth-order valence-electron chi connectivity index (χ4n) is 3.86. The summed E-state index contributed by atoms with van der Waals surface area (Å²) >= 11 is 0. The summed E-state index contributed by atoms with van der Waals surface area (Å²) in [7, 11) is 1.64. The Morgan fingerprint density at radius 2 is 1.61 bits per heavy atom. The van der Waals surface area contributed by atoms with E-state index in [4.69, 9.17) is 9.84 Å². The van der Waals surface area contributed by atoms with Crippen LogP contribution in [0.25, 0.3) is 0 Å². The van der Waals surface area contributed by atoms with Gasteiger partial charge in [-0.3, -0.25) is 14.4 Å². The number of hydrogen-bond acceptors (Lipinski definition) is 4. The predicted octanol–water partition coefficient (Wildman–Crippen LogP) is 3.92. The molecule has 0 radical (unpaired) electrons. The molecule has 0 aliphatic heterocycles. The van der Waals surface area contributed by atoms with Gasteiger partial charge < -0.3 is 20.5 Å². The minimum atomic E-state index is -0.940. The van der Waals surface area contributed by atoms with E-state index in [1.54, 1.807) is 19.2 Å². The molecule has 0 unspecified atom stereocenters. The van der Waals surface area contributed by atoms with Crippen LogP contribution in [0.5, 0.6) is 5.75 Å². The number of rotatable bonds is 9. The number of carboxylic acids is 1. The molecule has 7 nitrogen and oxygen atoms in total. The van der Waals surface area contributed by atoms with Crippen LogP contribution in [-0.2, 0) is 32.6 Å². The maximum absolute atomic E-state index is 12.5. The molecule has 0 aliphatic carbocycles. The van der Waals surface area contributed by atoms with Crippen molar-refractivity contribution in [3.05, 3.63) is 58.1 Å². The molecule has 0 saturated carbocycles. The number of anilines is 1. The van der Waals surface area contributed by atoms with E-state index >= 15 is 0 Å². The summed E-state index contributed by atoms with van der Waals surface area (Å²) in [6.45, 7) is 9.82. The Kier molecular flexibility index (Phi) is 8.63. The molecule has 0 fully saturated rings. The average Bonchev–Trinajstić information content (AvgIpc) is 2.69. The summed E-state index contributed by atoms with van der Waals surface area (Å²) in [4.78, 5) is 35.8. The monoisotopic (exact) mass is 454 g/mol. The molecule has 178 valence electrons. The normalized spacial score (nSPS) is 11.1. The summed E-state index contributed by atoms with van der Waals surface area (Å²) < 4.78 is 5.37. The highest BCUT2D eigenvalue weighted by molar-refractivity contribution is 5.95. The van der Waals surface area contributed by atoms with Crippen LogP contribution >= 0.6 is 0 Å². The standard InChI is InChI=1S/C26H34N2O5/c1-16-11-18(12-17(2)25(16)33-6)8-10-22(29)27-15-23(30)28-21-13-19(14-24(31)32)7-9-20(21)26(3,4)5/h7,9,11-13H,8,10,14-15H2,1-6H3,(H,27,29)(H,28,30)(H,31,32). The van der Waals surface area contributed by atoms with Gasteiger partial charge in [0.1, 0.15) is 5.75 Å². The smallest absolute Gasteiger partial charge is 0.307 e. The number of aliphatic carboxylic acids is 1. The second kappa shape index (κ2) is 11.0. The topological polar surface area (TPSA) is 105 Å². The lowest BCUT2D eigenvalue weighted by atomic mass is 9.85. The van der Waals surface area contributed by atoms with Gasteiger partial charge in [-0.1, -0.05) is 45.0 Å². The van der Waals surface area contributed by atoms with Crippen LogP contribution in [0.4, 0.5) is 5.69 Å². The highest BCUT2D eigenvalue weighted by Gasteiger charge is 2.20. The third kappa shape index (κ3) is 7.63. The van der Waals surface area contributed by atoms with Crippen molar-refractivity contribution < 1.29 is 24.2 Å². The largest absolute Gasteiger partial charge is 0.496 e. The molecular formula is C26H34N2O5. The molecule has 2 aromatic rings. The summed E-state index contributed by atoms with van der Waals surface area (Å²) in [5.74, 6) is -0.670. The van der Waals surface area contributed by atoms with Gasteiger partial charge in [0.25, 0.3) is 0 Å². The molecule has 3 N–H and O–H groups in total. The van der Waals surface area contributed by atoms with Crippen LogP contribution in [0.15, 0.2) is 30.3 Å². The first-order valence-corrected chi connectivity index (χ1v) is 11.0. The first-order valence-electron chi connectivity index (χ1n) is 11.0. The Balaban J connectivity index is 1.97. The van der Waals surface area contributed by atoms with Crippen LogP contribution in [0.2, 0.25) is 0 Å². The van der Waals surface area contributed by atoms with Gasteiger partial charge in [0.15, 0.2) is 0 Å². The molecule has 0 heterocycles. The first-order chi connectivity index (χ1) is 15.4. The molecule has 0 bridgehead atoms. The molecule has 7 heteroatoms. The van der Waals surface area contributed by atoms with Crippen molar-refractivity contribution >= 4 is 23.5 Å². The van der Waals surface area contributed by atoms with Gasteiger partial charge in [-0.25, -0.2) is 0 Å². The van der Waals surface area contributed by atoms with Crippen molar-refractivity contribution in [3.63, 3.8) is 0 Å². The number of carboxylic acid groups (broad SMARTS) is 1. The molecular weight excluding hydrogens is 420 g/mol. The fraction of sp³-hybridized carbons (Fsp3) is 0.423. The van der Waals surface area contributed by atoms with Crippen molar-refractivity contribution in [2.45, 2.75) is 59.3 Å². The van der Waals surface area contributed by atoms with E-state index in [-0.39, 0.29) is 36.6 Å². The predicted molar refractivity (Wildman–Crippen MR) is 129 cm³/mol. The molecule has 2 rings (SSSR count). The van der Waals surface area contributed by atoms with Gasteiger partial charge in [-0.05, 0) is 59.6 Å². The quantitative estimate of drug-likeness (QED) is 0.533. The number of hydrogen-bond donors (Lipinski definition) is 3. The molecule has 0 aliphatic rings. The van der Waals surface area contributed by atoms with Gasteiger partial charge in [-0.2, -0.15) is 0 Å². The molecule has 0 spiro atoms. The zero-order chi connectivity index (χ0) is 24.8. The van der Waals surface area contributed by atoms with Crippen molar-refractivity contribution in [2.24, 2.45) is 0 Å². The van der Waals surface area contributed by atoms with Crippen LogP contribution in [0.3, 0.4) is 0 Å². The zero-order valence-corrected chi connectivity index (χ0v) is 20.3. The number of aryl methyl sites for hydroxylation is 3. The Bertz CT molecular complexity index is 1010. The number of carbonyl (C=O) groups excluding carboxylic acids is 2. The Morgan fingerprint density at radius 3 is 2.15 bits per heavy atom. The Labute approximate surface area is 195 Å². The molecule has 2 amide bonds. The van der Waals surface area contributed by atoms with E-state index in [0.29, 0.717) is 17.7 Å². The highest BCUT2D eigenvalue weighted by Crippen LogP contribution is 2.30. The van der Waals surface area contributed by atoms with E-state index in [1.165, 1.54) is 0 Å². The number of carbonyl (C=O) groups is 3. The van der Waals surface area contributed by atoms with Crippen LogP contribution in [-0.4, -0.2) is 36.5 Å². The number of ether oxygens (including phenoxy) is 1. The van der Waals surface area contributed by atoms with Gasteiger partial charge in [0.05, 0.1) is 20.1 Å². The van der Waals surface area contributed by atoms with Gasteiger partial charge in [0, 0.05) is 12.1 Å². The molecule has 0 atom stereocenters. The fourth-order valence-corrected chi connectivity index (χ4v) is 3.86. The van der Waals surface area contributed by atoms with Crippen molar-refractivity contribution in [1.29, 1.82) is 0 Å². The third-order valence-electron chi connectivity index (χ3n) is 5.33.